The summed E-state index contributed by atoms with van der Waals surface area (Å²) in [5, 5.41) is -0.213. The van der Waals surface area contributed by atoms with Gasteiger partial charge in [0.05, 0.1) is 16.7 Å². The maximum absolute atomic E-state index is 13.4. The molecule has 148 valence electrons. The zero-order valence-electron chi connectivity index (χ0n) is 15.6. The Kier molecular flexibility index (Phi) is 5.02. The number of ether oxygens (including phenoxy) is 1. The van der Waals surface area contributed by atoms with Gasteiger partial charge in [0.1, 0.15) is 23.9 Å². The van der Waals surface area contributed by atoms with Gasteiger partial charge >= 0.3 is 0 Å². The molecule has 4 rings (SSSR count). The van der Waals surface area contributed by atoms with E-state index >= 15 is 0 Å². The minimum atomic E-state index is -3.80. The first-order valence-electron chi connectivity index (χ1n) is 8.91. The van der Waals surface area contributed by atoms with E-state index in [1.54, 1.807) is 13.0 Å². The maximum atomic E-state index is 13.4. The van der Waals surface area contributed by atoms with E-state index in [4.69, 9.17) is 4.74 Å². The first kappa shape index (κ1) is 19.1. The summed E-state index contributed by atoms with van der Waals surface area (Å²) in [7, 11) is -3.80. The minimum Gasteiger partial charge on any atom is -0.489 e. The highest BCUT2D eigenvalue weighted by atomic mass is 32.2. The van der Waals surface area contributed by atoms with Crippen molar-refractivity contribution in [3.05, 3.63) is 83.4 Å². The van der Waals surface area contributed by atoms with Gasteiger partial charge in [-0.3, -0.25) is 4.98 Å². The van der Waals surface area contributed by atoms with E-state index in [-0.39, 0.29) is 16.4 Å². The van der Waals surface area contributed by atoms with Crippen LogP contribution in [0.4, 0.5) is 4.39 Å². The SMILES string of the molecule is Cc1c(OCc2ccccc2)ccnc1CS(=O)(=O)c1nc2cc(F)ccc2[nH]1. The molecule has 0 saturated heterocycles. The molecule has 0 spiro atoms. The second-order valence-corrected chi connectivity index (χ2v) is 8.52. The van der Waals surface area contributed by atoms with Gasteiger partial charge in [-0.15, -0.1) is 0 Å². The van der Waals surface area contributed by atoms with Gasteiger partial charge in [-0.2, -0.15) is 0 Å². The molecule has 0 aliphatic carbocycles. The molecule has 0 amide bonds. The zero-order chi connectivity index (χ0) is 20.4. The van der Waals surface area contributed by atoms with E-state index in [1.165, 1.54) is 24.4 Å². The molecular formula is C21H18FN3O3S. The monoisotopic (exact) mass is 411 g/mol. The van der Waals surface area contributed by atoms with Crippen LogP contribution < -0.4 is 4.74 Å². The van der Waals surface area contributed by atoms with Gasteiger partial charge in [0, 0.05) is 17.8 Å². The number of imidazole rings is 1. The summed E-state index contributed by atoms with van der Waals surface area (Å²) >= 11 is 0. The van der Waals surface area contributed by atoms with Crippen LogP contribution in [-0.4, -0.2) is 23.4 Å². The van der Waals surface area contributed by atoms with Gasteiger partial charge in [0.25, 0.3) is 0 Å². The molecule has 6 nitrogen and oxygen atoms in total. The lowest BCUT2D eigenvalue weighted by Gasteiger charge is -2.12. The van der Waals surface area contributed by atoms with Crippen molar-refractivity contribution in [2.75, 3.05) is 0 Å². The number of nitrogens with one attached hydrogen (secondary N) is 1. The fourth-order valence-corrected chi connectivity index (χ4v) is 4.24. The van der Waals surface area contributed by atoms with Crippen molar-refractivity contribution in [3.63, 3.8) is 0 Å². The van der Waals surface area contributed by atoms with E-state index in [0.29, 0.717) is 29.1 Å². The van der Waals surface area contributed by atoms with Crippen molar-refractivity contribution in [1.29, 1.82) is 0 Å². The highest BCUT2D eigenvalue weighted by molar-refractivity contribution is 7.90. The predicted molar refractivity (Wildman–Crippen MR) is 107 cm³/mol. The Morgan fingerprint density at radius 2 is 1.90 bits per heavy atom. The van der Waals surface area contributed by atoms with Crippen molar-refractivity contribution >= 4 is 20.9 Å². The van der Waals surface area contributed by atoms with Crippen LogP contribution in [0.15, 0.2) is 66.0 Å². The van der Waals surface area contributed by atoms with E-state index in [9.17, 15) is 12.8 Å². The van der Waals surface area contributed by atoms with Crippen LogP contribution in [-0.2, 0) is 22.2 Å². The van der Waals surface area contributed by atoms with Gasteiger partial charge in [-0.25, -0.2) is 17.8 Å². The number of hydrogen-bond donors (Lipinski definition) is 1. The Morgan fingerprint density at radius 1 is 1.10 bits per heavy atom. The number of fused-ring (bicyclic) bond motifs is 1. The molecule has 4 aromatic rings. The third-order valence-electron chi connectivity index (χ3n) is 4.54. The van der Waals surface area contributed by atoms with Gasteiger partial charge < -0.3 is 9.72 Å². The first-order valence-corrected chi connectivity index (χ1v) is 10.6. The number of nitrogens with zero attached hydrogens (tertiary/aromatic N) is 2. The lowest BCUT2D eigenvalue weighted by molar-refractivity contribution is 0.303. The van der Waals surface area contributed by atoms with Crippen LogP contribution in [0.5, 0.6) is 5.75 Å². The molecule has 2 heterocycles. The highest BCUT2D eigenvalue weighted by Gasteiger charge is 2.23. The number of pyridine rings is 1. The molecule has 8 heteroatoms. The second kappa shape index (κ2) is 7.63. The number of benzene rings is 2. The summed E-state index contributed by atoms with van der Waals surface area (Å²) in [4.78, 5) is 11.0. The number of aromatic amines is 1. The highest BCUT2D eigenvalue weighted by Crippen LogP contribution is 2.24. The van der Waals surface area contributed by atoms with Crippen molar-refractivity contribution in [2.24, 2.45) is 0 Å². The summed E-state index contributed by atoms with van der Waals surface area (Å²) in [6, 6.07) is 15.3. The van der Waals surface area contributed by atoms with Crippen LogP contribution in [0.2, 0.25) is 0 Å². The van der Waals surface area contributed by atoms with Crippen LogP contribution >= 0.6 is 0 Å². The number of sulfone groups is 1. The lowest BCUT2D eigenvalue weighted by Crippen LogP contribution is -2.10. The number of H-pyrrole nitrogens is 1. The zero-order valence-corrected chi connectivity index (χ0v) is 16.4. The average molecular weight is 411 g/mol. The fraction of sp³-hybridized carbons (Fsp3) is 0.143. The Bertz CT molecular complexity index is 1270. The summed E-state index contributed by atoms with van der Waals surface area (Å²) in [6.45, 7) is 2.14. The lowest BCUT2D eigenvalue weighted by atomic mass is 10.2. The standard InChI is InChI=1S/C21H18FN3O3S/c1-14-19(23-10-9-20(14)28-12-15-5-3-2-4-6-15)13-29(26,27)21-24-17-8-7-16(22)11-18(17)25-21/h2-11H,12-13H2,1H3,(H,24,25). The Hall–Kier alpha value is -3.26. The molecule has 2 aromatic heterocycles. The van der Waals surface area contributed by atoms with Gasteiger partial charge in [0.15, 0.2) is 0 Å². The minimum absolute atomic E-state index is 0.213. The molecule has 0 unspecified atom stereocenters. The van der Waals surface area contributed by atoms with Crippen LogP contribution in [0.25, 0.3) is 11.0 Å². The molecule has 0 aliphatic heterocycles. The van der Waals surface area contributed by atoms with Crippen molar-refractivity contribution in [1.82, 2.24) is 15.0 Å². The molecule has 0 aliphatic rings. The van der Waals surface area contributed by atoms with E-state index in [0.717, 1.165) is 5.56 Å². The molecule has 0 atom stereocenters. The van der Waals surface area contributed by atoms with Crippen LogP contribution in [0, 0.1) is 12.7 Å². The topological polar surface area (TPSA) is 84.9 Å². The first-order chi connectivity index (χ1) is 13.9. The molecule has 29 heavy (non-hydrogen) atoms. The number of hydrogen-bond acceptors (Lipinski definition) is 5. The van der Waals surface area contributed by atoms with Gasteiger partial charge in [0.2, 0.25) is 15.0 Å². The quantitative estimate of drug-likeness (QED) is 0.519. The third kappa shape index (κ3) is 4.12. The summed E-state index contributed by atoms with van der Waals surface area (Å²) in [6.07, 6.45) is 1.52. The van der Waals surface area contributed by atoms with Gasteiger partial charge in [-0.05, 0) is 30.7 Å². The number of aromatic nitrogens is 3. The Morgan fingerprint density at radius 3 is 2.69 bits per heavy atom. The molecule has 1 N–H and O–H groups in total. The van der Waals surface area contributed by atoms with Crippen molar-refractivity contribution in [2.45, 2.75) is 24.4 Å². The Balaban J connectivity index is 1.57. The van der Waals surface area contributed by atoms with Gasteiger partial charge in [-0.1, -0.05) is 30.3 Å². The van der Waals surface area contributed by atoms with Crippen molar-refractivity contribution < 1.29 is 17.5 Å². The average Bonchev–Trinajstić information content (AvgIpc) is 3.13. The molecule has 2 aromatic carbocycles. The van der Waals surface area contributed by atoms with E-state index in [2.05, 4.69) is 15.0 Å². The molecular weight excluding hydrogens is 393 g/mol. The molecule has 0 bridgehead atoms. The van der Waals surface area contributed by atoms with Crippen LogP contribution in [0.1, 0.15) is 16.8 Å². The second-order valence-electron chi connectivity index (χ2n) is 6.62. The number of halogens is 1. The van der Waals surface area contributed by atoms with E-state index in [1.807, 2.05) is 30.3 Å². The smallest absolute Gasteiger partial charge is 0.226 e. The summed E-state index contributed by atoms with van der Waals surface area (Å²) < 4.78 is 44.9. The Labute approximate surface area is 167 Å². The molecule has 0 saturated carbocycles. The fourth-order valence-electron chi connectivity index (χ4n) is 2.95. The summed E-state index contributed by atoms with van der Waals surface area (Å²) in [5.41, 5.74) is 2.74. The van der Waals surface area contributed by atoms with E-state index < -0.39 is 15.7 Å². The summed E-state index contributed by atoms with van der Waals surface area (Å²) in [5.74, 6) is -0.251. The predicted octanol–water partition coefficient (Wildman–Crippen LogP) is 3.96. The molecule has 0 radical (unpaired) electrons. The number of rotatable bonds is 6. The van der Waals surface area contributed by atoms with Crippen molar-refractivity contribution in [3.8, 4) is 5.75 Å². The van der Waals surface area contributed by atoms with Crippen LogP contribution in [0.3, 0.4) is 0 Å². The normalized spacial score (nSPS) is 11.7. The molecule has 0 fully saturated rings. The largest absolute Gasteiger partial charge is 0.489 e. The third-order valence-corrected chi connectivity index (χ3v) is 5.98. The maximum Gasteiger partial charge on any atom is 0.226 e.